The number of para-hydroxylation sites is 2. The molecular weight excluding hydrogens is 304 g/mol. The van der Waals surface area contributed by atoms with Crippen LogP contribution in [0.5, 0.6) is 0 Å². The number of hydrogen-bond acceptors (Lipinski definition) is 5. The van der Waals surface area contributed by atoms with Crippen LogP contribution in [0.25, 0.3) is 11.0 Å². The second-order valence-corrected chi connectivity index (χ2v) is 6.06. The van der Waals surface area contributed by atoms with E-state index in [0.717, 1.165) is 22.6 Å². The van der Waals surface area contributed by atoms with Gasteiger partial charge in [0.2, 0.25) is 0 Å². The molecule has 0 bridgehead atoms. The smallest absolute Gasteiger partial charge is 0.263 e. The normalized spacial score (nSPS) is 14.1. The average Bonchev–Trinajstić information content (AvgIpc) is 2.92. The lowest BCUT2D eigenvalue weighted by atomic mass is 10.2. The summed E-state index contributed by atoms with van der Waals surface area (Å²) in [5.74, 6) is 2.60. The van der Waals surface area contributed by atoms with Crippen LogP contribution in [-0.2, 0) is 0 Å². The van der Waals surface area contributed by atoms with Gasteiger partial charge in [-0.15, -0.1) is 0 Å². The largest absolute Gasteiger partial charge is 0.466 e. The fraction of sp³-hybridized carbons (Fsp3) is 0.278. The number of aromatic nitrogens is 2. The summed E-state index contributed by atoms with van der Waals surface area (Å²) in [6.07, 6.45) is 0. The van der Waals surface area contributed by atoms with Gasteiger partial charge in [0, 0.05) is 20.1 Å². The van der Waals surface area contributed by atoms with Gasteiger partial charge in [-0.25, -0.2) is 9.97 Å². The van der Waals surface area contributed by atoms with Crippen molar-refractivity contribution in [3.8, 4) is 0 Å². The number of likely N-dealkylation sites (N-methyl/N-ethyl adjacent to an activating group) is 1. The number of aryl methyl sites for hydroxylation is 2. The Balaban J connectivity index is 1.85. The van der Waals surface area contributed by atoms with E-state index in [4.69, 9.17) is 14.4 Å². The lowest BCUT2D eigenvalue weighted by Crippen LogP contribution is -2.43. The van der Waals surface area contributed by atoms with Gasteiger partial charge >= 0.3 is 0 Å². The zero-order valence-electron chi connectivity index (χ0n) is 13.9. The minimum Gasteiger partial charge on any atom is -0.466 e. The highest BCUT2D eigenvalue weighted by atomic mass is 16.3. The molecule has 3 aromatic rings. The zero-order valence-corrected chi connectivity index (χ0v) is 13.9. The molecule has 1 aliphatic heterocycles. The molecule has 0 N–H and O–H groups in total. The minimum absolute atomic E-state index is 0.0942. The summed E-state index contributed by atoms with van der Waals surface area (Å²) >= 11 is 0. The molecule has 4 rings (SSSR count). The first-order chi connectivity index (χ1) is 11.5. The van der Waals surface area contributed by atoms with E-state index in [1.165, 1.54) is 0 Å². The number of hydrogen-bond donors (Lipinski definition) is 0. The molecule has 1 amide bonds. The summed E-state index contributed by atoms with van der Waals surface area (Å²) in [5.41, 5.74) is 2.19. The Labute approximate surface area is 139 Å². The lowest BCUT2D eigenvalue weighted by Gasteiger charge is -2.33. The van der Waals surface area contributed by atoms with Crippen LogP contribution in [0.15, 0.2) is 34.7 Å². The number of carbonyl (C=O) groups excluding carboxylic acids is 1. The highest BCUT2D eigenvalue weighted by Crippen LogP contribution is 2.32. The molecule has 0 spiro atoms. The van der Waals surface area contributed by atoms with E-state index in [1.54, 1.807) is 11.0 Å². The Kier molecular flexibility index (Phi) is 3.26. The first-order valence-corrected chi connectivity index (χ1v) is 7.91. The minimum atomic E-state index is -0.0942. The van der Waals surface area contributed by atoms with E-state index in [0.29, 0.717) is 30.2 Å². The number of fused-ring (bicyclic) bond motifs is 2. The summed E-state index contributed by atoms with van der Waals surface area (Å²) in [6, 6.07) is 9.48. The molecule has 1 aliphatic rings. The van der Waals surface area contributed by atoms with Crippen molar-refractivity contribution >= 4 is 28.6 Å². The van der Waals surface area contributed by atoms with Gasteiger partial charge in [-0.05, 0) is 32.0 Å². The summed E-state index contributed by atoms with van der Waals surface area (Å²) in [5, 5.41) is 0. The van der Waals surface area contributed by atoms with Crippen molar-refractivity contribution in [2.75, 3.05) is 29.9 Å². The second-order valence-electron chi connectivity index (χ2n) is 6.06. The number of anilines is 2. The molecule has 1 aromatic carbocycles. The fourth-order valence-corrected chi connectivity index (χ4v) is 3.07. The van der Waals surface area contributed by atoms with Crippen molar-refractivity contribution < 1.29 is 9.21 Å². The van der Waals surface area contributed by atoms with Crippen LogP contribution in [0.4, 0.5) is 11.6 Å². The molecule has 24 heavy (non-hydrogen) atoms. The maximum atomic E-state index is 13.0. The SMILES string of the molecule is Cc1cc(C(=O)N2CCN(C)c3nc4ccccc4nc32)c(C)o1. The molecule has 3 heterocycles. The molecule has 2 aromatic heterocycles. The zero-order chi connectivity index (χ0) is 16.8. The highest BCUT2D eigenvalue weighted by molar-refractivity contribution is 6.08. The van der Waals surface area contributed by atoms with Gasteiger partial charge in [0.25, 0.3) is 5.91 Å². The molecule has 0 atom stereocenters. The van der Waals surface area contributed by atoms with E-state index in [2.05, 4.69) is 0 Å². The van der Waals surface area contributed by atoms with E-state index >= 15 is 0 Å². The van der Waals surface area contributed by atoms with Crippen LogP contribution in [0.3, 0.4) is 0 Å². The van der Waals surface area contributed by atoms with Crippen molar-refractivity contribution in [2.45, 2.75) is 13.8 Å². The van der Waals surface area contributed by atoms with E-state index in [9.17, 15) is 4.79 Å². The van der Waals surface area contributed by atoms with Crippen LogP contribution in [-0.4, -0.2) is 36.0 Å². The summed E-state index contributed by atoms with van der Waals surface area (Å²) < 4.78 is 5.51. The molecule has 0 saturated heterocycles. The first kappa shape index (κ1) is 14.7. The summed E-state index contributed by atoms with van der Waals surface area (Å²) in [6.45, 7) is 4.93. The number of benzene rings is 1. The second kappa shape index (κ2) is 5.33. The Hall–Kier alpha value is -2.89. The number of nitrogens with zero attached hydrogens (tertiary/aromatic N) is 4. The Morgan fingerprint density at radius 1 is 1.08 bits per heavy atom. The van der Waals surface area contributed by atoms with E-state index in [1.807, 2.05) is 50.1 Å². The first-order valence-electron chi connectivity index (χ1n) is 7.91. The van der Waals surface area contributed by atoms with Crippen LogP contribution in [0, 0.1) is 13.8 Å². The third kappa shape index (κ3) is 2.22. The average molecular weight is 322 g/mol. The predicted octanol–water partition coefficient (Wildman–Crippen LogP) is 2.94. The van der Waals surface area contributed by atoms with Crippen molar-refractivity contribution in [3.63, 3.8) is 0 Å². The molecule has 6 nitrogen and oxygen atoms in total. The van der Waals surface area contributed by atoms with Crippen LogP contribution < -0.4 is 9.80 Å². The van der Waals surface area contributed by atoms with Crippen molar-refractivity contribution in [1.82, 2.24) is 9.97 Å². The van der Waals surface area contributed by atoms with Crippen LogP contribution >= 0.6 is 0 Å². The third-order valence-electron chi connectivity index (χ3n) is 4.33. The quantitative estimate of drug-likeness (QED) is 0.689. The lowest BCUT2D eigenvalue weighted by molar-refractivity contribution is 0.0984. The number of amides is 1. The van der Waals surface area contributed by atoms with Crippen LogP contribution in [0.2, 0.25) is 0 Å². The number of rotatable bonds is 1. The summed E-state index contributed by atoms with van der Waals surface area (Å²) in [7, 11) is 1.97. The maximum Gasteiger partial charge on any atom is 0.263 e. The van der Waals surface area contributed by atoms with Gasteiger partial charge in [-0.3, -0.25) is 9.69 Å². The van der Waals surface area contributed by atoms with Crippen molar-refractivity contribution in [3.05, 3.63) is 47.4 Å². The molecule has 0 fully saturated rings. The maximum absolute atomic E-state index is 13.0. The number of carbonyl (C=O) groups is 1. The molecule has 0 saturated carbocycles. The van der Waals surface area contributed by atoms with Gasteiger partial charge in [0.05, 0.1) is 16.6 Å². The van der Waals surface area contributed by atoms with Crippen molar-refractivity contribution in [2.24, 2.45) is 0 Å². The molecule has 122 valence electrons. The molecule has 0 unspecified atom stereocenters. The van der Waals surface area contributed by atoms with Gasteiger partial charge < -0.3 is 9.32 Å². The standard InChI is InChI=1S/C18H18N4O2/c1-11-10-13(12(2)24-11)18(23)22-9-8-21(3)16-17(22)20-15-7-5-4-6-14(15)19-16/h4-7,10H,8-9H2,1-3H3. The van der Waals surface area contributed by atoms with Crippen molar-refractivity contribution in [1.29, 1.82) is 0 Å². The third-order valence-corrected chi connectivity index (χ3v) is 4.33. The summed E-state index contributed by atoms with van der Waals surface area (Å²) in [4.78, 5) is 26.2. The van der Waals surface area contributed by atoms with E-state index in [-0.39, 0.29) is 5.91 Å². The topological polar surface area (TPSA) is 62.5 Å². The Bertz CT molecular complexity index is 947. The molecular formula is C18H18N4O2. The molecule has 0 radical (unpaired) electrons. The number of furan rings is 1. The van der Waals surface area contributed by atoms with Gasteiger partial charge in [-0.2, -0.15) is 0 Å². The van der Waals surface area contributed by atoms with Gasteiger partial charge in [-0.1, -0.05) is 12.1 Å². The molecule has 6 heteroatoms. The van der Waals surface area contributed by atoms with E-state index < -0.39 is 0 Å². The molecule has 0 aliphatic carbocycles. The van der Waals surface area contributed by atoms with Gasteiger partial charge in [0.15, 0.2) is 11.6 Å². The van der Waals surface area contributed by atoms with Gasteiger partial charge in [0.1, 0.15) is 11.5 Å². The fourth-order valence-electron chi connectivity index (χ4n) is 3.07. The predicted molar refractivity (Wildman–Crippen MR) is 92.7 cm³/mol. The highest BCUT2D eigenvalue weighted by Gasteiger charge is 2.30. The van der Waals surface area contributed by atoms with Crippen LogP contribution in [0.1, 0.15) is 21.9 Å². The Morgan fingerprint density at radius 3 is 2.38 bits per heavy atom. The monoisotopic (exact) mass is 322 g/mol. The Morgan fingerprint density at radius 2 is 1.75 bits per heavy atom.